The molecule has 2 aliphatic rings. The maximum atomic E-state index is 2.67. The van der Waals surface area contributed by atoms with Crippen molar-refractivity contribution in [1.29, 1.82) is 0 Å². The zero-order chi connectivity index (χ0) is 8.72. The van der Waals surface area contributed by atoms with Crippen molar-refractivity contribution in [3.8, 4) is 0 Å². The molecule has 0 aliphatic carbocycles. The van der Waals surface area contributed by atoms with Crippen molar-refractivity contribution >= 4 is 0 Å². The average molecular weight is 168 g/mol. The minimum atomic E-state index is 0.742. The predicted octanol–water partition coefficient (Wildman–Crippen LogP) is 1.03. The van der Waals surface area contributed by atoms with Crippen molar-refractivity contribution in [2.24, 2.45) is 5.92 Å². The molecule has 2 fully saturated rings. The standard InChI is InChI=1S/C10H20N2/c1-8(2)12-6-9-4-10(12)7-11(3)5-9/h8-10H,4-7H2,1-3H3. The van der Waals surface area contributed by atoms with Gasteiger partial charge in [-0.25, -0.2) is 0 Å². The van der Waals surface area contributed by atoms with Crippen LogP contribution in [0.15, 0.2) is 0 Å². The fourth-order valence-electron chi connectivity index (χ4n) is 2.86. The number of hydrogen-bond acceptors (Lipinski definition) is 2. The molecular formula is C10H20N2. The van der Waals surface area contributed by atoms with Gasteiger partial charge in [0.05, 0.1) is 0 Å². The molecule has 2 saturated heterocycles. The van der Waals surface area contributed by atoms with Gasteiger partial charge in [0.2, 0.25) is 0 Å². The summed E-state index contributed by atoms with van der Waals surface area (Å²) in [6, 6.07) is 1.60. The normalized spacial score (nSPS) is 38.0. The van der Waals surface area contributed by atoms with Crippen LogP contribution in [-0.2, 0) is 0 Å². The first-order chi connectivity index (χ1) is 5.66. The van der Waals surface area contributed by atoms with Crippen LogP contribution in [0.1, 0.15) is 20.3 Å². The van der Waals surface area contributed by atoms with E-state index in [1.54, 1.807) is 0 Å². The highest BCUT2D eigenvalue weighted by molar-refractivity contribution is 4.93. The Bertz CT molecular complexity index is 167. The van der Waals surface area contributed by atoms with Gasteiger partial charge in [0.15, 0.2) is 0 Å². The average Bonchev–Trinajstić information content (AvgIpc) is 2.26. The van der Waals surface area contributed by atoms with E-state index in [0.29, 0.717) is 0 Å². The Labute approximate surface area is 75.5 Å². The lowest BCUT2D eigenvalue weighted by molar-refractivity contribution is 0.164. The van der Waals surface area contributed by atoms with E-state index in [2.05, 4.69) is 30.7 Å². The Balaban J connectivity index is 2.04. The Morgan fingerprint density at radius 2 is 1.92 bits per heavy atom. The summed E-state index contributed by atoms with van der Waals surface area (Å²) in [5.74, 6) is 0.955. The van der Waals surface area contributed by atoms with Crippen molar-refractivity contribution in [3.05, 3.63) is 0 Å². The molecule has 2 nitrogen and oxygen atoms in total. The lowest BCUT2D eigenvalue weighted by atomic mass is 10.0. The summed E-state index contributed by atoms with van der Waals surface area (Å²) >= 11 is 0. The van der Waals surface area contributed by atoms with Crippen LogP contribution in [0.25, 0.3) is 0 Å². The highest BCUT2D eigenvalue weighted by Crippen LogP contribution is 2.30. The van der Waals surface area contributed by atoms with Crippen LogP contribution >= 0.6 is 0 Å². The van der Waals surface area contributed by atoms with E-state index < -0.39 is 0 Å². The smallest absolute Gasteiger partial charge is 0.0229 e. The van der Waals surface area contributed by atoms with E-state index >= 15 is 0 Å². The molecule has 2 atom stereocenters. The van der Waals surface area contributed by atoms with Crippen molar-refractivity contribution in [1.82, 2.24) is 9.80 Å². The summed E-state index contributed by atoms with van der Waals surface area (Å²) in [5.41, 5.74) is 0. The van der Waals surface area contributed by atoms with Gasteiger partial charge in [0.1, 0.15) is 0 Å². The van der Waals surface area contributed by atoms with E-state index in [0.717, 1.165) is 18.0 Å². The van der Waals surface area contributed by atoms with E-state index in [1.807, 2.05) is 0 Å². The Morgan fingerprint density at radius 3 is 2.58 bits per heavy atom. The van der Waals surface area contributed by atoms with Crippen LogP contribution in [0, 0.1) is 5.92 Å². The van der Waals surface area contributed by atoms with E-state index in [4.69, 9.17) is 0 Å². The zero-order valence-corrected chi connectivity index (χ0v) is 8.45. The molecule has 2 heterocycles. The maximum absolute atomic E-state index is 2.67. The van der Waals surface area contributed by atoms with Gasteiger partial charge in [-0.2, -0.15) is 0 Å². The Kier molecular flexibility index (Phi) is 2.13. The fourth-order valence-corrected chi connectivity index (χ4v) is 2.86. The summed E-state index contributed by atoms with van der Waals surface area (Å²) in [5, 5.41) is 0. The minimum absolute atomic E-state index is 0.742. The third-order valence-electron chi connectivity index (χ3n) is 3.30. The largest absolute Gasteiger partial charge is 0.304 e. The number of fused-ring (bicyclic) bond motifs is 2. The van der Waals surface area contributed by atoms with Gasteiger partial charge >= 0.3 is 0 Å². The summed E-state index contributed by atoms with van der Waals surface area (Å²) in [4.78, 5) is 5.16. The van der Waals surface area contributed by atoms with Crippen LogP contribution in [0.5, 0.6) is 0 Å². The monoisotopic (exact) mass is 168 g/mol. The molecule has 2 rings (SSSR count). The number of likely N-dealkylation sites (tertiary alicyclic amines) is 2. The second-order valence-corrected chi connectivity index (χ2v) is 4.77. The molecular weight excluding hydrogens is 148 g/mol. The highest BCUT2D eigenvalue weighted by atomic mass is 15.3. The van der Waals surface area contributed by atoms with Gasteiger partial charge in [-0.3, -0.25) is 4.90 Å². The Morgan fingerprint density at radius 1 is 1.17 bits per heavy atom. The van der Waals surface area contributed by atoms with Crippen molar-refractivity contribution in [2.45, 2.75) is 32.4 Å². The number of piperidine rings is 1. The minimum Gasteiger partial charge on any atom is -0.304 e. The molecule has 2 unspecified atom stereocenters. The summed E-state index contributed by atoms with van der Waals surface area (Å²) in [6.45, 7) is 8.59. The number of rotatable bonds is 1. The lowest BCUT2D eigenvalue weighted by Gasteiger charge is -2.31. The molecule has 0 aromatic carbocycles. The first-order valence-corrected chi connectivity index (χ1v) is 5.11. The third-order valence-corrected chi connectivity index (χ3v) is 3.30. The molecule has 2 heteroatoms. The molecule has 0 spiro atoms. The molecule has 0 aromatic heterocycles. The molecule has 0 amide bonds. The molecule has 0 radical (unpaired) electrons. The van der Waals surface area contributed by atoms with Crippen LogP contribution in [0.2, 0.25) is 0 Å². The van der Waals surface area contributed by atoms with Crippen molar-refractivity contribution in [2.75, 3.05) is 26.7 Å². The third kappa shape index (κ3) is 1.38. The van der Waals surface area contributed by atoms with Gasteiger partial charge in [-0.05, 0) is 33.2 Å². The maximum Gasteiger partial charge on any atom is 0.0229 e. The van der Waals surface area contributed by atoms with Gasteiger partial charge in [0.25, 0.3) is 0 Å². The molecule has 12 heavy (non-hydrogen) atoms. The van der Waals surface area contributed by atoms with Crippen LogP contribution in [0.3, 0.4) is 0 Å². The molecule has 0 N–H and O–H groups in total. The van der Waals surface area contributed by atoms with Crippen LogP contribution in [0.4, 0.5) is 0 Å². The summed E-state index contributed by atoms with van der Waals surface area (Å²) < 4.78 is 0. The van der Waals surface area contributed by atoms with Gasteiger partial charge < -0.3 is 4.90 Å². The predicted molar refractivity (Wildman–Crippen MR) is 51.2 cm³/mol. The zero-order valence-electron chi connectivity index (χ0n) is 8.45. The van der Waals surface area contributed by atoms with Gasteiger partial charge in [-0.1, -0.05) is 0 Å². The lowest BCUT2D eigenvalue weighted by Crippen LogP contribution is -2.42. The quantitative estimate of drug-likeness (QED) is 0.577. The summed E-state index contributed by atoms with van der Waals surface area (Å²) in [7, 11) is 2.25. The van der Waals surface area contributed by atoms with Gasteiger partial charge in [-0.15, -0.1) is 0 Å². The first-order valence-electron chi connectivity index (χ1n) is 5.11. The number of hydrogen-bond donors (Lipinski definition) is 0. The molecule has 0 aromatic rings. The molecule has 2 aliphatic heterocycles. The fraction of sp³-hybridized carbons (Fsp3) is 1.00. The highest BCUT2D eigenvalue weighted by Gasteiger charge is 2.37. The summed E-state index contributed by atoms with van der Waals surface area (Å²) in [6.07, 6.45) is 1.45. The SMILES string of the molecule is CC(C)N1CC2CC1CN(C)C2. The number of nitrogens with zero attached hydrogens (tertiary/aromatic N) is 2. The van der Waals surface area contributed by atoms with Gasteiger partial charge in [0, 0.05) is 31.7 Å². The molecule has 2 bridgehead atoms. The second-order valence-electron chi connectivity index (χ2n) is 4.77. The van der Waals surface area contributed by atoms with Crippen molar-refractivity contribution in [3.63, 3.8) is 0 Å². The van der Waals surface area contributed by atoms with E-state index in [9.17, 15) is 0 Å². The first kappa shape index (κ1) is 8.52. The van der Waals surface area contributed by atoms with Crippen LogP contribution < -0.4 is 0 Å². The number of likely N-dealkylation sites (N-methyl/N-ethyl adjacent to an activating group) is 1. The van der Waals surface area contributed by atoms with Crippen LogP contribution in [-0.4, -0.2) is 48.6 Å². The Hall–Kier alpha value is -0.0800. The second kappa shape index (κ2) is 3.00. The topological polar surface area (TPSA) is 6.48 Å². The molecule has 0 saturated carbocycles. The van der Waals surface area contributed by atoms with E-state index in [1.165, 1.54) is 26.1 Å². The molecule has 70 valence electrons. The van der Waals surface area contributed by atoms with Crippen molar-refractivity contribution < 1.29 is 0 Å². The van der Waals surface area contributed by atoms with E-state index in [-0.39, 0.29) is 0 Å².